The van der Waals surface area contributed by atoms with Crippen LogP contribution in [-0.2, 0) is 9.53 Å². The first-order chi connectivity index (χ1) is 8.50. The Morgan fingerprint density at radius 2 is 2.06 bits per heavy atom. The summed E-state index contributed by atoms with van der Waals surface area (Å²) in [5, 5.41) is 0. The van der Waals surface area contributed by atoms with Crippen LogP contribution in [0.3, 0.4) is 0 Å². The summed E-state index contributed by atoms with van der Waals surface area (Å²) in [5.74, 6) is -0.394. The molecule has 1 aromatic rings. The highest BCUT2D eigenvalue weighted by atomic mass is 16.5. The zero-order valence-corrected chi connectivity index (χ0v) is 10.7. The maximum absolute atomic E-state index is 11.6. The van der Waals surface area contributed by atoms with Gasteiger partial charge in [0, 0.05) is 26.2 Å². The molecule has 0 unspecified atom stereocenters. The Kier molecular flexibility index (Phi) is 5.17. The standard InChI is InChI=1S/C13H18N2O3/c1-15(2)12(16)7-4-8-18-13(17)10-5-3-6-11(14)9-10/h3,5-6,9H,4,7-8,14H2,1-2H3. The largest absolute Gasteiger partial charge is 0.462 e. The average Bonchev–Trinajstić information content (AvgIpc) is 2.33. The normalized spacial score (nSPS) is 9.89. The van der Waals surface area contributed by atoms with E-state index < -0.39 is 5.97 Å². The van der Waals surface area contributed by atoms with Crippen LogP contribution in [0.2, 0.25) is 0 Å². The Balaban J connectivity index is 2.32. The van der Waals surface area contributed by atoms with Gasteiger partial charge >= 0.3 is 5.97 Å². The molecular weight excluding hydrogens is 232 g/mol. The maximum Gasteiger partial charge on any atom is 0.338 e. The number of hydrogen-bond acceptors (Lipinski definition) is 4. The van der Waals surface area contributed by atoms with Crippen LogP contribution < -0.4 is 5.73 Å². The van der Waals surface area contributed by atoms with Crippen molar-refractivity contribution in [3.05, 3.63) is 29.8 Å². The topological polar surface area (TPSA) is 72.6 Å². The van der Waals surface area contributed by atoms with Gasteiger partial charge in [0.1, 0.15) is 0 Å². The quantitative estimate of drug-likeness (QED) is 0.485. The summed E-state index contributed by atoms with van der Waals surface area (Å²) in [7, 11) is 3.39. The van der Waals surface area contributed by atoms with E-state index in [1.807, 2.05) is 0 Å². The second kappa shape index (κ2) is 6.64. The molecule has 1 rings (SSSR count). The Labute approximate surface area is 107 Å². The van der Waals surface area contributed by atoms with Crippen molar-refractivity contribution in [2.75, 3.05) is 26.4 Å². The number of nitrogens with two attached hydrogens (primary N) is 1. The van der Waals surface area contributed by atoms with Crippen molar-refractivity contribution >= 4 is 17.6 Å². The molecule has 0 aliphatic heterocycles. The zero-order chi connectivity index (χ0) is 13.5. The van der Waals surface area contributed by atoms with Crippen LogP contribution in [-0.4, -0.2) is 37.5 Å². The Hall–Kier alpha value is -2.04. The summed E-state index contributed by atoms with van der Waals surface area (Å²) in [5.41, 5.74) is 6.51. The number of carbonyl (C=O) groups is 2. The van der Waals surface area contributed by atoms with Gasteiger partial charge in [0.25, 0.3) is 0 Å². The van der Waals surface area contributed by atoms with Crippen molar-refractivity contribution in [1.82, 2.24) is 4.90 Å². The fourth-order valence-electron chi connectivity index (χ4n) is 1.36. The van der Waals surface area contributed by atoms with Crippen molar-refractivity contribution in [3.63, 3.8) is 0 Å². The molecule has 0 aliphatic carbocycles. The number of nitrogens with zero attached hydrogens (tertiary/aromatic N) is 1. The van der Waals surface area contributed by atoms with Gasteiger partial charge in [-0.15, -0.1) is 0 Å². The first-order valence-electron chi connectivity index (χ1n) is 5.73. The number of rotatable bonds is 5. The Bertz CT molecular complexity index is 430. The van der Waals surface area contributed by atoms with Crippen LogP contribution in [0.5, 0.6) is 0 Å². The molecule has 2 N–H and O–H groups in total. The van der Waals surface area contributed by atoms with Crippen LogP contribution in [0, 0.1) is 0 Å². The summed E-state index contributed by atoms with van der Waals surface area (Å²) in [6, 6.07) is 6.60. The Morgan fingerprint density at radius 1 is 1.33 bits per heavy atom. The minimum absolute atomic E-state index is 0.0232. The molecule has 0 bridgehead atoms. The van der Waals surface area contributed by atoms with Crippen molar-refractivity contribution in [3.8, 4) is 0 Å². The fourth-order valence-corrected chi connectivity index (χ4v) is 1.36. The first-order valence-corrected chi connectivity index (χ1v) is 5.73. The van der Waals surface area contributed by atoms with Gasteiger partial charge in [-0.3, -0.25) is 4.79 Å². The molecule has 1 aromatic carbocycles. The Morgan fingerprint density at radius 3 is 2.67 bits per heavy atom. The third kappa shape index (κ3) is 4.45. The highest BCUT2D eigenvalue weighted by Crippen LogP contribution is 2.08. The smallest absolute Gasteiger partial charge is 0.338 e. The summed E-state index contributed by atoms with van der Waals surface area (Å²) in [4.78, 5) is 24.4. The lowest BCUT2D eigenvalue weighted by molar-refractivity contribution is -0.128. The molecule has 0 saturated heterocycles. The van der Waals surface area contributed by atoms with E-state index in [0.29, 0.717) is 24.1 Å². The van der Waals surface area contributed by atoms with E-state index in [0.717, 1.165) is 0 Å². The van der Waals surface area contributed by atoms with Gasteiger partial charge in [-0.25, -0.2) is 4.79 Å². The SMILES string of the molecule is CN(C)C(=O)CCCOC(=O)c1cccc(N)c1. The number of nitrogen functional groups attached to an aromatic ring is 1. The first kappa shape index (κ1) is 14.0. The minimum Gasteiger partial charge on any atom is -0.462 e. The van der Waals surface area contributed by atoms with E-state index in [1.165, 1.54) is 4.90 Å². The van der Waals surface area contributed by atoms with Crippen LogP contribution in [0.25, 0.3) is 0 Å². The molecule has 0 atom stereocenters. The molecule has 5 heteroatoms. The van der Waals surface area contributed by atoms with E-state index in [-0.39, 0.29) is 12.5 Å². The number of amides is 1. The second-order valence-corrected chi connectivity index (χ2v) is 4.15. The molecule has 0 heterocycles. The number of anilines is 1. The highest BCUT2D eigenvalue weighted by molar-refractivity contribution is 5.90. The second-order valence-electron chi connectivity index (χ2n) is 4.15. The average molecular weight is 250 g/mol. The third-order valence-electron chi connectivity index (χ3n) is 2.39. The van der Waals surface area contributed by atoms with Crippen LogP contribution in [0.1, 0.15) is 23.2 Å². The number of hydrogen-bond donors (Lipinski definition) is 1. The summed E-state index contributed by atoms with van der Waals surface area (Å²) in [6.07, 6.45) is 0.891. The molecule has 0 aromatic heterocycles. The van der Waals surface area contributed by atoms with Gasteiger partial charge in [-0.1, -0.05) is 6.07 Å². The molecular formula is C13H18N2O3. The number of carbonyl (C=O) groups excluding carboxylic acids is 2. The van der Waals surface area contributed by atoms with E-state index >= 15 is 0 Å². The number of benzene rings is 1. The molecule has 0 aliphatic rings. The zero-order valence-electron chi connectivity index (χ0n) is 10.7. The van der Waals surface area contributed by atoms with Crippen molar-refractivity contribution in [1.29, 1.82) is 0 Å². The number of esters is 1. The van der Waals surface area contributed by atoms with Crippen LogP contribution in [0.15, 0.2) is 24.3 Å². The van der Waals surface area contributed by atoms with Crippen molar-refractivity contribution in [2.45, 2.75) is 12.8 Å². The van der Waals surface area contributed by atoms with Crippen LogP contribution in [0.4, 0.5) is 5.69 Å². The molecule has 5 nitrogen and oxygen atoms in total. The lowest BCUT2D eigenvalue weighted by atomic mass is 10.2. The summed E-state index contributed by atoms with van der Waals surface area (Å²) in [6.45, 7) is 0.229. The van der Waals surface area contributed by atoms with Gasteiger partial charge in [-0.05, 0) is 24.6 Å². The van der Waals surface area contributed by atoms with Gasteiger partial charge in [0.15, 0.2) is 0 Å². The highest BCUT2D eigenvalue weighted by Gasteiger charge is 2.08. The third-order valence-corrected chi connectivity index (χ3v) is 2.39. The molecule has 98 valence electrons. The molecule has 18 heavy (non-hydrogen) atoms. The van der Waals surface area contributed by atoms with E-state index in [2.05, 4.69) is 0 Å². The van der Waals surface area contributed by atoms with Crippen molar-refractivity contribution < 1.29 is 14.3 Å². The van der Waals surface area contributed by atoms with Gasteiger partial charge in [-0.2, -0.15) is 0 Å². The molecule has 0 saturated carbocycles. The molecule has 1 amide bonds. The fraction of sp³-hybridized carbons (Fsp3) is 0.385. The van der Waals surface area contributed by atoms with Gasteiger partial charge in [0.2, 0.25) is 5.91 Å². The predicted octanol–water partition coefficient (Wildman–Crippen LogP) is 1.29. The molecule has 0 spiro atoms. The van der Waals surface area contributed by atoms with E-state index in [4.69, 9.17) is 10.5 Å². The summed E-state index contributed by atoms with van der Waals surface area (Å²) < 4.78 is 5.05. The molecule has 0 fully saturated rings. The maximum atomic E-state index is 11.6. The van der Waals surface area contributed by atoms with E-state index in [9.17, 15) is 9.59 Å². The van der Waals surface area contributed by atoms with Gasteiger partial charge in [0.05, 0.1) is 12.2 Å². The predicted molar refractivity (Wildman–Crippen MR) is 69.1 cm³/mol. The number of ether oxygens (including phenoxy) is 1. The monoisotopic (exact) mass is 250 g/mol. The van der Waals surface area contributed by atoms with Gasteiger partial charge < -0.3 is 15.4 Å². The lowest BCUT2D eigenvalue weighted by Crippen LogP contribution is -2.21. The molecule has 0 radical (unpaired) electrons. The van der Waals surface area contributed by atoms with Crippen molar-refractivity contribution in [2.24, 2.45) is 0 Å². The van der Waals surface area contributed by atoms with Crippen LogP contribution >= 0.6 is 0 Å². The minimum atomic E-state index is -0.417. The summed E-state index contributed by atoms with van der Waals surface area (Å²) >= 11 is 0. The van der Waals surface area contributed by atoms with E-state index in [1.54, 1.807) is 38.4 Å². The lowest BCUT2D eigenvalue weighted by Gasteiger charge is -2.10.